The topological polar surface area (TPSA) is 631 Å². The molecule has 35 atom stereocenters. The molecule has 0 aromatic carbocycles. The summed E-state index contributed by atoms with van der Waals surface area (Å²) >= 11 is 0. The number of nitrogens with one attached hydrogen (secondary N) is 2. The third-order valence-electron chi connectivity index (χ3n) is 15.9. The summed E-state index contributed by atoms with van der Waals surface area (Å²) in [6, 6.07) is -3.64. The van der Waals surface area contributed by atoms with Gasteiger partial charge in [-0.05, 0) is 13.8 Å². The number of aliphatic carboxylic acids is 1. The number of carboxylic acids is 1. The third-order valence-corrected chi connectivity index (χ3v) is 15.9. The van der Waals surface area contributed by atoms with Crippen LogP contribution in [-0.2, 0) is 71.2 Å². The zero-order valence-corrected chi connectivity index (χ0v) is 47.5. The average molecular weight is 1290 g/mol. The first-order chi connectivity index (χ1) is 41.3. The van der Waals surface area contributed by atoms with Crippen LogP contribution in [0.15, 0.2) is 0 Å². The van der Waals surface area contributed by atoms with Crippen molar-refractivity contribution in [3.63, 3.8) is 0 Å². The molecule has 6 rings (SSSR count). The first-order valence-corrected chi connectivity index (χ1v) is 27.9. The number of aliphatic hydroxyl groups is 21. The van der Waals surface area contributed by atoms with Gasteiger partial charge in [0.05, 0.1) is 64.0 Å². The normalized spacial score (nSPS) is 45.5. The SMILES string of the molecule is CC(=O)N[C@H]1[C@H](OC[C@@H](O)[C@@H](O)[C@H](O[C@@H]2O[C@H](CO)[C@H](O)[C@H](O[C@]3(C(=O)O)C[C@H](O[C@@H]4O[C@@H](C)[C@@H](O)[C@@H](O)[C@@H]4O)[C@@H](O)[C@H]([C@H](O)[C@H](O)CO)O3)[C@H]2O)[C@H](CO)NC(C)=O)O[C@H](CO)[C@@H](O[C@@H]2O[C@H](CO)[C@H](O)[C@H](O)[C@H]2O[C@@H]2O[C@@H](C)[C@@H](O)[C@@H](O)[C@@H]2O)[C@@H]1O. The van der Waals surface area contributed by atoms with E-state index >= 15 is 0 Å². The Labute approximate surface area is 499 Å². The van der Waals surface area contributed by atoms with Crippen LogP contribution in [0.4, 0.5) is 0 Å². The van der Waals surface area contributed by atoms with Gasteiger partial charge in [0.1, 0.15) is 153 Å². The van der Waals surface area contributed by atoms with Gasteiger partial charge in [0.2, 0.25) is 11.8 Å². The number of carbonyl (C=O) groups is 3. The van der Waals surface area contributed by atoms with E-state index in [0.717, 1.165) is 13.8 Å². The van der Waals surface area contributed by atoms with Crippen LogP contribution < -0.4 is 10.6 Å². The van der Waals surface area contributed by atoms with Crippen molar-refractivity contribution in [2.75, 3.05) is 39.6 Å². The minimum Gasteiger partial charge on any atom is -0.477 e. The maximum absolute atomic E-state index is 13.4. The highest BCUT2D eigenvalue weighted by Crippen LogP contribution is 2.41. The molecular formula is C49H84N2O37. The molecule has 0 aliphatic carbocycles. The van der Waals surface area contributed by atoms with E-state index in [1.54, 1.807) is 0 Å². The van der Waals surface area contributed by atoms with E-state index < -0.39 is 278 Å². The van der Waals surface area contributed by atoms with Gasteiger partial charge in [-0.15, -0.1) is 0 Å². The summed E-state index contributed by atoms with van der Waals surface area (Å²) in [5, 5.41) is 243. The van der Waals surface area contributed by atoms with E-state index in [0.29, 0.717) is 0 Å². The van der Waals surface area contributed by atoms with Crippen molar-refractivity contribution in [3.05, 3.63) is 0 Å². The zero-order valence-electron chi connectivity index (χ0n) is 47.5. The molecule has 0 saturated carbocycles. The molecule has 6 aliphatic heterocycles. The lowest BCUT2D eigenvalue weighted by Gasteiger charge is -2.51. The standard InChI is InChI=1S/C49H84N2O37/c1-12-24(61)32(69)35(72)44(78-12)80-19-5-49(48(75)76,87-40(29(19)66)26(63)17(59)7-53)88-41-30(67)21(9-55)81-46(37(41)74)84-38(16(6-52)50-14(3)57)27(64)18(60)11-77-43-23(51-15(4)58)31(68)39(22(10-56)83-43)85-47-42(34(71)28(65)20(8-54)82-47)86-45-36(73)33(70)25(62)13(2)79-45/h12-13,16-47,52-56,59-74H,5-11H2,1-4H3,(H,50,57)(H,51,58)(H,75,76)/t12-,13-,16-,17+,18+,19-,20+,21+,22+,23+,24+,25+,26+,27+,28-,29+,30-,31+,32+,33+,34-,35-,36-,37+,38+,39+,40-,41-,42+,43+,44-,45-,46-,47-,49-/m0/s1. The molecule has 0 aromatic heterocycles. The summed E-state index contributed by atoms with van der Waals surface area (Å²) in [7, 11) is 0. The predicted molar refractivity (Wildman–Crippen MR) is 272 cm³/mol. The zero-order chi connectivity index (χ0) is 65.7. The van der Waals surface area contributed by atoms with Crippen LogP contribution in [0.1, 0.15) is 34.1 Å². The highest BCUT2D eigenvalue weighted by Gasteiger charge is 2.62. The number of carboxylic acid groups (broad SMARTS) is 1. The van der Waals surface area contributed by atoms with E-state index in [2.05, 4.69) is 10.6 Å². The van der Waals surface area contributed by atoms with Gasteiger partial charge in [-0.1, -0.05) is 0 Å². The van der Waals surface area contributed by atoms with Crippen molar-refractivity contribution in [2.45, 2.75) is 248 Å². The number of hydrogen-bond acceptors (Lipinski definition) is 36. The number of aliphatic hydroxyl groups excluding tert-OH is 21. The molecule has 39 nitrogen and oxygen atoms in total. The third kappa shape index (κ3) is 16.3. The highest BCUT2D eigenvalue weighted by molar-refractivity contribution is 5.76. The summed E-state index contributed by atoms with van der Waals surface area (Å²) in [5.74, 6) is -7.39. The molecule has 512 valence electrons. The molecule has 88 heavy (non-hydrogen) atoms. The van der Waals surface area contributed by atoms with Crippen LogP contribution in [0.5, 0.6) is 0 Å². The average Bonchev–Trinajstić information content (AvgIpc) is 1.19. The van der Waals surface area contributed by atoms with Crippen molar-refractivity contribution < 1.29 is 184 Å². The summed E-state index contributed by atoms with van der Waals surface area (Å²) in [6.07, 6.45) is -66.1. The van der Waals surface area contributed by atoms with Crippen LogP contribution in [0.2, 0.25) is 0 Å². The summed E-state index contributed by atoms with van der Waals surface area (Å²) in [4.78, 5) is 38.5. The Morgan fingerprint density at radius 2 is 1.07 bits per heavy atom. The molecule has 0 radical (unpaired) electrons. The Morgan fingerprint density at radius 1 is 0.534 bits per heavy atom. The van der Waals surface area contributed by atoms with E-state index in [1.807, 2.05) is 0 Å². The number of carbonyl (C=O) groups excluding carboxylic acids is 2. The first kappa shape index (κ1) is 74.1. The Hall–Kier alpha value is -2.91. The second kappa shape index (κ2) is 31.8. The fourth-order valence-electron chi connectivity index (χ4n) is 10.8. The minimum atomic E-state index is -3.38. The number of ether oxygens (including phenoxy) is 12. The van der Waals surface area contributed by atoms with Crippen molar-refractivity contribution in [3.8, 4) is 0 Å². The van der Waals surface area contributed by atoms with E-state index in [-0.39, 0.29) is 0 Å². The van der Waals surface area contributed by atoms with E-state index in [4.69, 9.17) is 56.8 Å². The van der Waals surface area contributed by atoms with Gasteiger partial charge in [0, 0.05) is 20.3 Å². The monoisotopic (exact) mass is 1290 g/mol. The van der Waals surface area contributed by atoms with E-state index in [9.17, 15) is 127 Å². The second-order valence-electron chi connectivity index (χ2n) is 22.2. The molecule has 6 heterocycles. The first-order valence-electron chi connectivity index (χ1n) is 27.9. The van der Waals surface area contributed by atoms with Gasteiger partial charge < -0.3 is 180 Å². The summed E-state index contributed by atoms with van der Waals surface area (Å²) in [5.41, 5.74) is 0. The van der Waals surface area contributed by atoms with E-state index in [1.165, 1.54) is 13.8 Å². The van der Waals surface area contributed by atoms with Crippen LogP contribution in [0.3, 0.4) is 0 Å². The lowest BCUT2D eigenvalue weighted by atomic mass is 9.89. The molecule has 24 N–H and O–H groups in total. The smallest absolute Gasteiger partial charge is 0.364 e. The minimum absolute atomic E-state index is 0.886. The predicted octanol–water partition coefficient (Wildman–Crippen LogP) is -15.1. The quantitative estimate of drug-likeness (QED) is 0.0382. The van der Waals surface area contributed by atoms with Gasteiger partial charge in [-0.3, -0.25) is 9.59 Å². The van der Waals surface area contributed by atoms with Gasteiger partial charge >= 0.3 is 5.97 Å². The Bertz CT molecular complexity index is 2200. The Kier molecular flexibility index (Phi) is 26.8. The van der Waals surface area contributed by atoms with Crippen molar-refractivity contribution >= 4 is 17.8 Å². The molecule has 2 amide bonds. The molecule has 6 fully saturated rings. The number of rotatable bonds is 26. The molecule has 39 heteroatoms. The lowest BCUT2D eigenvalue weighted by molar-refractivity contribution is -0.392. The maximum Gasteiger partial charge on any atom is 0.364 e. The fourth-order valence-corrected chi connectivity index (χ4v) is 10.8. The van der Waals surface area contributed by atoms with Gasteiger partial charge in [0.15, 0.2) is 31.5 Å². The van der Waals surface area contributed by atoms with Gasteiger partial charge in [-0.25, -0.2) is 4.79 Å². The summed E-state index contributed by atoms with van der Waals surface area (Å²) in [6.45, 7) is -2.39. The Balaban J connectivity index is 1.24. The number of hydrogen-bond donors (Lipinski definition) is 24. The molecule has 0 bridgehead atoms. The summed E-state index contributed by atoms with van der Waals surface area (Å²) < 4.78 is 68.4. The second-order valence-corrected chi connectivity index (χ2v) is 22.2. The molecule has 0 unspecified atom stereocenters. The van der Waals surface area contributed by atoms with Crippen LogP contribution in [0.25, 0.3) is 0 Å². The van der Waals surface area contributed by atoms with Crippen LogP contribution in [-0.4, -0.2) is 384 Å². The van der Waals surface area contributed by atoms with Crippen LogP contribution in [0, 0.1) is 0 Å². The molecule has 6 aliphatic rings. The van der Waals surface area contributed by atoms with Gasteiger partial charge in [-0.2, -0.15) is 0 Å². The molecule has 6 saturated heterocycles. The fraction of sp³-hybridized carbons (Fsp3) is 0.939. The molecular weight excluding hydrogens is 1210 g/mol. The Morgan fingerprint density at radius 3 is 1.59 bits per heavy atom. The van der Waals surface area contributed by atoms with Crippen molar-refractivity contribution in [1.29, 1.82) is 0 Å². The van der Waals surface area contributed by atoms with Crippen molar-refractivity contribution in [1.82, 2.24) is 10.6 Å². The largest absolute Gasteiger partial charge is 0.477 e. The highest BCUT2D eigenvalue weighted by atomic mass is 16.8. The molecule has 0 aromatic rings. The number of amides is 2. The van der Waals surface area contributed by atoms with Gasteiger partial charge in [0.25, 0.3) is 5.79 Å². The lowest BCUT2D eigenvalue weighted by Crippen LogP contribution is -2.69. The molecule has 0 spiro atoms. The maximum atomic E-state index is 13.4. The van der Waals surface area contributed by atoms with Crippen LogP contribution >= 0.6 is 0 Å². The van der Waals surface area contributed by atoms with Crippen molar-refractivity contribution in [2.24, 2.45) is 0 Å².